The molecule has 1 saturated heterocycles. The van der Waals surface area contributed by atoms with E-state index in [9.17, 15) is 14.7 Å². The molecule has 1 heterocycles. The zero-order valence-electron chi connectivity index (χ0n) is 18.4. The summed E-state index contributed by atoms with van der Waals surface area (Å²) in [5.41, 5.74) is 0.408. The van der Waals surface area contributed by atoms with E-state index in [1.54, 1.807) is 11.8 Å². The Morgan fingerprint density at radius 1 is 1.19 bits per heavy atom. The molecule has 0 radical (unpaired) electrons. The van der Waals surface area contributed by atoms with E-state index in [1.807, 2.05) is 0 Å². The van der Waals surface area contributed by atoms with Crippen LogP contribution in [0.25, 0.3) is 0 Å². The highest BCUT2D eigenvalue weighted by Crippen LogP contribution is 2.55. The molecule has 168 valence electrons. The number of nitrogens with one attached hydrogen (secondary N) is 2. The SMILES string of the molecule is CSc1ccc(CC2(CCC(=O)NC3C4CC5CC3CC(O)(C5)C4)CCC(=O)N2)cc1. The molecule has 5 aliphatic rings. The topological polar surface area (TPSA) is 78.4 Å². The van der Waals surface area contributed by atoms with Gasteiger partial charge in [0.1, 0.15) is 0 Å². The number of thioether (sulfide) groups is 1. The summed E-state index contributed by atoms with van der Waals surface area (Å²) < 4.78 is 0. The first-order valence-electron chi connectivity index (χ1n) is 11.8. The van der Waals surface area contributed by atoms with Gasteiger partial charge >= 0.3 is 0 Å². The monoisotopic (exact) mass is 442 g/mol. The Kier molecular flexibility index (Phi) is 5.58. The molecule has 4 aliphatic carbocycles. The third kappa shape index (κ3) is 4.38. The number of rotatable bonds is 7. The third-order valence-corrected chi connectivity index (χ3v) is 9.08. The summed E-state index contributed by atoms with van der Waals surface area (Å²) in [6.45, 7) is 0. The molecule has 31 heavy (non-hydrogen) atoms. The second-order valence-corrected chi connectivity index (χ2v) is 11.5. The summed E-state index contributed by atoms with van der Waals surface area (Å²) in [6.07, 6.45) is 10.2. The molecule has 3 unspecified atom stereocenters. The van der Waals surface area contributed by atoms with Gasteiger partial charge < -0.3 is 15.7 Å². The minimum Gasteiger partial charge on any atom is -0.390 e. The molecular weight excluding hydrogens is 408 g/mol. The summed E-state index contributed by atoms with van der Waals surface area (Å²) in [5, 5.41) is 17.3. The average molecular weight is 443 g/mol. The zero-order chi connectivity index (χ0) is 21.6. The van der Waals surface area contributed by atoms with E-state index in [2.05, 4.69) is 41.2 Å². The second-order valence-electron chi connectivity index (χ2n) is 10.6. The molecular formula is C25H34N2O3S. The highest BCUT2D eigenvalue weighted by Gasteiger charge is 2.55. The maximum atomic E-state index is 12.9. The van der Waals surface area contributed by atoms with Gasteiger partial charge in [-0.25, -0.2) is 0 Å². The van der Waals surface area contributed by atoms with Crippen molar-refractivity contribution in [1.82, 2.24) is 10.6 Å². The van der Waals surface area contributed by atoms with Crippen molar-refractivity contribution in [2.45, 2.75) is 86.3 Å². The number of benzene rings is 1. The molecule has 1 aliphatic heterocycles. The molecule has 1 aromatic rings. The summed E-state index contributed by atoms with van der Waals surface area (Å²) in [5.74, 6) is 1.69. The Morgan fingerprint density at radius 2 is 1.90 bits per heavy atom. The zero-order valence-corrected chi connectivity index (χ0v) is 19.2. The van der Waals surface area contributed by atoms with Gasteiger partial charge in [0.15, 0.2) is 0 Å². The standard InChI is InChI=1S/C25H34N2O3S/c1-31-20-4-2-16(3-5-20)12-24(9-7-22(29)27-24)8-6-21(28)26-23-18-10-17-11-19(23)15-25(30,13-17)14-18/h2-5,17-19,23,30H,6-15H2,1H3,(H,26,28)(H,27,29). The van der Waals surface area contributed by atoms with Gasteiger partial charge in [0.25, 0.3) is 0 Å². The van der Waals surface area contributed by atoms with Crippen LogP contribution in [0, 0.1) is 17.8 Å². The molecule has 6 heteroatoms. The molecule has 4 bridgehead atoms. The lowest BCUT2D eigenvalue weighted by Gasteiger charge is -2.58. The molecule has 1 aromatic carbocycles. The van der Waals surface area contributed by atoms with E-state index in [4.69, 9.17) is 0 Å². The van der Waals surface area contributed by atoms with Crippen LogP contribution in [0.2, 0.25) is 0 Å². The molecule has 5 fully saturated rings. The van der Waals surface area contributed by atoms with Gasteiger partial charge in [-0.05, 0) is 93.1 Å². The van der Waals surface area contributed by atoms with Crippen molar-refractivity contribution in [3.8, 4) is 0 Å². The Labute approximate surface area is 189 Å². The summed E-state index contributed by atoms with van der Waals surface area (Å²) >= 11 is 1.72. The van der Waals surface area contributed by atoms with Crippen LogP contribution in [0.1, 0.15) is 63.4 Å². The van der Waals surface area contributed by atoms with Gasteiger partial charge in [-0.3, -0.25) is 9.59 Å². The van der Waals surface area contributed by atoms with E-state index in [1.165, 1.54) is 10.5 Å². The predicted molar refractivity (Wildman–Crippen MR) is 122 cm³/mol. The van der Waals surface area contributed by atoms with Crippen molar-refractivity contribution in [2.24, 2.45) is 17.8 Å². The van der Waals surface area contributed by atoms with Crippen LogP contribution in [-0.4, -0.2) is 40.4 Å². The van der Waals surface area contributed by atoms with E-state index in [-0.39, 0.29) is 23.4 Å². The molecule has 6 rings (SSSR count). The van der Waals surface area contributed by atoms with Gasteiger partial charge in [-0.1, -0.05) is 12.1 Å². The number of amides is 2. The largest absolute Gasteiger partial charge is 0.390 e. The van der Waals surface area contributed by atoms with Crippen molar-refractivity contribution in [3.63, 3.8) is 0 Å². The number of carbonyl (C=O) groups is 2. The Balaban J connectivity index is 1.20. The van der Waals surface area contributed by atoms with Gasteiger partial charge in [0, 0.05) is 29.3 Å². The van der Waals surface area contributed by atoms with E-state index in [0.29, 0.717) is 37.0 Å². The van der Waals surface area contributed by atoms with Crippen molar-refractivity contribution in [3.05, 3.63) is 29.8 Å². The molecule has 3 atom stereocenters. The smallest absolute Gasteiger partial charge is 0.220 e. The Bertz CT molecular complexity index is 841. The van der Waals surface area contributed by atoms with Crippen molar-refractivity contribution in [1.29, 1.82) is 0 Å². The average Bonchev–Trinajstić information content (AvgIpc) is 3.09. The van der Waals surface area contributed by atoms with Crippen LogP contribution in [0.4, 0.5) is 0 Å². The minimum atomic E-state index is -0.470. The maximum absolute atomic E-state index is 12.9. The highest BCUT2D eigenvalue weighted by molar-refractivity contribution is 7.98. The van der Waals surface area contributed by atoms with Crippen LogP contribution in [0.5, 0.6) is 0 Å². The first-order valence-corrected chi connectivity index (χ1v) is 13.0. The molecule has 3 N–H and O–H groups in total. The van der Waals surface area contributed by atoms with Gasteiger partial charge in [0.05, 0.1) is 5.60 Å². The van der Waals surface area contributed by atoms with Crippen LogP contribution in [0.3, 0.4) is 0 Å². The number of aliphatic hydroxyl groups is 1. The summed E-state index contributed by atoms with van der Waals surface area (Å²) in [6, 6.07) is 8.74. The van der Waals surface area contributed by atoms with E-state index < -0.39 is 5.60 Å². The van der Waals surface area contributed by atoms with Crippen LogP contribution < -0.4 is 10.6 Å². The van der Waals surface area contributed by atoms with Gasteiger partial charge in [-0.2, -0.15) is 0 Å². The first kappa shape index (κ1) is 21.3. The first-order chi connectivity index (χ1) is 14.9. The second kappa shape index (κ2) is 8.11. The van der Waals surface area contributed by atoms with Gasteiger partial charge in [-0.15, -0.1) is 11.8 Å². The van der Waals surface area contributed by atoms with E-state index in [0.717, 1.165) is 44.9 Å². The normalized spacial score (nSPS) is 38.3. The fraction of sp³-hybridized carbons (Fsp3) is 0.680. The number of hydrogen-bond donors (Lipinski definition) is 3. The maximum Gasteiger partial charge on any atom is 0.220 e. The molecule has 0 aromatic heterocycles. The lowest BCUT2D eigenvalue weighted by molar-refractivity contribution is -0.146. The quantitative estimate of drug-likeness (QED) is 0.566. The fourth-order valence-corrected chi connectivity index (χ4v) is 7.55. The lowest BCUT2D eigenvalue weighted by Crippen LogP contribution is -2.61. The van der Waals surface area contributed by atoms with Crippen LogP contribution >= 0.6 is 11.8 Å². The van der Waals surface area contributed by atoms with E-state index >= 15 is 0 Å². The van der Waals surface area contributed by atoms with Crippen molar-refractivity contribution >= 4 is 23.6 Å². The lowest BCUT2D eigenvalue weighted by atomic mass is 9.52. The number of carbonyl (C=O) groups excluding carboxylic acids is 2. The van der Waals surface area contributed by atoms with Crippen molar-refractivity contribution in [2.75, 3.05) is 6.26 Å². The number of hydrogen-bond acceptors (Lipinski definition) is 4. The molecule has 0 spiro atoms. The van der Waals surface area contributed by atoms with Gasteiger partial charge in [0.2, 0.25) is 11.8 Å². The predicted octanol–water partition coefficient (Wildman–Crippen LogP) is 3.44. The third-order valence-electron chi connectivity index (χ3n) is 8.34. The summed E-state index contributed by atoms with van der Waals surface area (Å²) in [7, 11) is 0. The summed E-state index contributed by atoms with van der Waals surface area (Å²) in [4.78, 5) is 26.2. The Hall–Kier alpha value is -1.53. The van der Waals surface area contributed by atoms with Crippen LogP contribution in [0.15, 0.2) is 29.2 Å². The Morgan fingerprint density at radius 3 is 2.48 bits per heavy atom. The molecule has 5 nitrogen and oxygen atoms in total. The molecule has 4 saturated carbocycles. The fourth-order valence-electron chi connectivity index (χ4n) is 7.14. The van der Waals surface area contributed by atoms with Crippen molar-refractivity contribution < 1.29 is 14.7 Å². The molecule has 2 amide bonds. The van der Waals surface area contributed by atoms with Crippen LogP contribution in [-0.2, 0) is 16.0 Å². The highest BCUT2D eigenvalue weighted by atomic mass is 32.2. The minimum absolute atomic E-state index is 0.0930.